The Hall–Kier alpha value is -3.84. The molecule has 4 rings (SSSR count). The second-order valence-corrected chi connectivity index (χ2v) is 9.50. The van der Waals surface area contributed by atoms with Crippen molar-refractivity contribution in [2.45, 2.75) is 38.4 Å². The first-order valence-corrected chi connectivity index (χ1v) is 12.1. The van der Waals surface area contributed by atoms with E-state index in [-0.39, 0.29) is 12.6 Å². The zero-order chi connectivity index (χ0) is 25.5. The van der Waals surface area contributed by atoms with E-state index in [9.17, 15) is 4.79 Å². The number of aliphatic imine (C=N–C) groups is 1. The van der Waals surface area contributed by atoms with Crippen molar-refractivity contribution in [1.82, 2.24) is 14.9 Å². The van der Waals surface area contributed by atoms with E-state index in [1.54, 1.807) is 18.7 Å². The number of rotatable bonds is 9. The van der Waals surface area contributed by atoms with Crippen LogP contribution < -0.4 is 10.2 Å². The van der Waals surface area contributed by atoms with Crippen LogP contribution in [0.5, 0.6) is 0 Å². The smallest absolute Gasteiger partial charge is 0.408 e. The van der Waals surface area contributed by atoms with Crippen LogP contribution in [0.4, 0.5) is 10.5 Å². The van der Waals surface area contributed by atoms with Gasteiger partial charge in [-0.3, -0.25) is 0 Å². The number of halogens is 1. The molecule has 0 aliphatic carbocycles. The Labute approximate surface area is 216 Å². The van der Waals surface area contributed by atoms with Gasteiger partial charge < -0.3 is 19.5 Å². The number of imidazole rings is 1. The van der Waals surface area contributed by atoms with E-state index >= 15 is 0 Å². The maximum Gasteiger partial charge on any atom is 0.408 e. The molecule has 7 nitrogen and oxygen atoms in total. The number of nitrogens with zero attached hydrogens (tertiary/aromatic N) is 4. The third-order valence-electron chi connectivity index (χ3n) is 6.08. The van der Waals surface area contributed by atoms with Crippen molar-refractivity contribution in [2.24, 2.45) is 4.99 Å². The van der Waals surface area contributed by atoms with Gasteiger partial charge in [-0.15, -0.1) is 0 Å². The summed E-state index contributed by atoms with van der Waals surface area (Å²) in [7, 11) is 0. The molecular weight excluding hydrogens is 474 g/mol. The number of hydrogen-bond donors (Lipinski definition) is 1. The molecule has 36 heavy (non-hydrogen) atoms. The molecule has 1 amide bonds. The highest BCUT2D eigenvalue weighted by Crippen LogP contribution is 2.37. The lowest BCUT2D eigenvalue weighted by Gasteiger charge is -2.33. The van der Waals surface area contributed by atoms with Crippen LogP contribution in [-0.4, -0.2) is 28.6 Å². The minimum absolute atomic E-state index is 0.163. The summed E-state index contributed by atoms with van der Waals surface area (Å²) in [5.41, 5.74) is 3.58. The van der Waals surface area contributed by atoms with Crippen LogP contribution in [0.1, 0.15) is 36.6 Å². The zero-order valence-electron chi connectivity index (χ0n) is 20.5. The lowest BCUT2D eigenvalue weighted by molar-refractivity contribution is 0.147. The summed E-state index contributed by atoms with van der Waals surface area (Å²) in [6.45, 7) is 8.46. The van der Waals surface area contributed by atoms with Gasteiger partial charge in [0.1, 0.15) is 6.61 Å². The van der Waals surface area contributed by atoms with Crippen molar-refractivity contribution in [2.75, 3.05) is 11.5 Å². The average molecular weight is 504 g/mol. The third-order valence-corrected chi connectivity index (χ3v) is 6.38. The molecule has 1 unspecified atom stereocenters. The van der Waals surface area contributed by atoms with E-state index in [4.69, 9.17) is 16.3 Å². The van der Waals surface area contributed by atoms with Crippen molar-refractivity contribution in [3.8, 4) is 0 Å². The fourth-order valence-electron chi connectivity index (χ4n) is 4.07. The van der Waals surface area contributed by atoms with Gasteiger partial charge in [0.2, 0.25) is 0 Å². The number of benzene rings is 2. The van der Waals surface area contributed by atoms with Gasteiger partial charge in [0.25, 0.3) is 0 Å². The molecule has 0 bridgehead atoms. The second kappa shape index (κ2) is 11.3. The molecule has 0 saturated carbocycles. The number of hydrogen-bond acceptors (Lipinski definition) is 5. The Morgan fingerprint density at radius 1 is 1.19 bits per heavy atom. The normalized spacial score (nSPS) is 15.4. The summed E-state index contributed by atoms with van der Waals surface area (Å²) < 4.78 is 7.13. The van der Waals surface area contributed by atoms with Gasteiger partial charge in [-0.25, -0.2) is 14.8 Å². The quantitative estimate of drug-likeness (QED) is 0.367. The molecule has 0 spiro atoms. The highest BCUT2D eigenvalue weighted by molar-refractivity contribution is 6.31. The average Bonchev–Trinajstić information content (AvgIpc) is 3.40. The first kappa shape index (κ1) is 25.3. The van der Waals surface area contributed by atoms with E-state index < -0.39 is 11.6 Å². The summed E-state index contributed by atoms with van der Waals surface area (Å²) in [6.07, 6.45) is 11.0. The van der Waals surface area contributed by atoms with Crippen LogP contribution in [0.2, 0.25) is 0 Å². The number of anilines is 1. The standard InChI is InChI=1S/C28H30ClN5O2/c1-4-17-36-27(35)32-28(2,3)23-9-7-22(8-10-23)26-25(29)18-31-20-34(26)24-11-5-21(6-12-24)13-15-33-16-14-30-19-33/h4-12,14,16,18-20,26H,1,13,15,17H2,2-3H3,(H,32,35). The van der Waals surface area contributed by atoms with Crippen LogP contribution in [-0.2, 0) is 23.2 Å². The van der Waals surface area contributed by atoms with E-state index in [0.717, 1.165) is 29.8 Å². The fourth-order valence-corrected chi connectivity index (χ4v) is 4.36. The lowest BCUT2D eigenvalue weighted by atomic mass is 9.92. The second-order valence-electron chi connectivity index (χ2n) is 9.06. The highest BCUT2D eigenvalue weighted by atomic mass is 35.5. The molecule has 3 aromatic rings. The van der Waals surface area contributed by atoms with Crippen LogP contribution >= 0.6 is 11.6 Å². The topological polar surface area (TPSA) is 71.8 Å². The van der Waals surface area contributed by atoms with Crippen molar-refractivity contribution < 1.29 is 9.53 Å². The van der Waals surface area contributed by atoms with E-state index in [0.29, 0.717) is 5.03 Å². The fraction of sp³-hybridized carbons (Fsp3) is 0.250. The number of ether oxygens (including phenoxy) is 1. The van der Waals surface area contributed by atoms with E-state index in [1.807, 2.05) is 50.6 Å². The van der Waals surface area contributed by atoms with Crippen LogP contribution in [0.3, 0.4) is 0 Å². The Morgan fingerprint density at radius 2 is 1.94 bits per heavy atom. The minimum atomic E-state index is -0.614. The van der Waals surface area contributed by atoms with Crippen molar-refractivity contribution in [3.05, 3.63) is 108 Å². The van der Waals surface area contributed by atoms with Gasteiger partial charge >= 0.3 is 6.09 Å². The highest BCUT2D eigenvalue weighted by Gasteiger charge is 2.27. The molecule has 1 aliphatic rings. The number of aromatic nitrogens is 2. The van der Waals surface area contributed by atoms with Gasteiger partial charge in [-0.2, -0.15) is 0 Å². The van der Waals surface area contributed by atoms with Crippen LogP contribution in [0.25, 0.3) is 0 Å². The largest absolute Gasteiger partial charge is 0.445 e. The molecule has 1 atom stereocenters. The zero-order valence-corrected chi connectivity index (χ0v) is 21.2. The molecule has 1 N–H and O–H groups in total. The summed E-state index contributed by atoms with van der Waals surface area (Å²) in [5, 5.41) is 3.52. The SMILES string of the molecule is C=CCOC(=O)NC(C)(C)c1ccc(C2C(Cl)=CN=CN2c2ccc(CCn3ccnc3)cc2)cc1. The molecule has 2 aromatic carbocycles. The summed E-state index contributed by atoms with van der Waals surface area (Å²) in [4.78, 5) is 22.5. The van der Waals surface area contributed by atoms with Gasteiger partial charge in [-0.1, -0.05) is 60.7 Å². The molecule has 1 aliphatic heterocycles. The van der Waals surface area contributed by atoms with Crippen LogP contribution in [0.15, 0.2) is 96.1 Å². The Morgan fingerprint density at radius 3 is 2.61 bits per heavy atom. The molecule has 0 radical (unpaired) electrons. The van der Waals surface area contributed by atoms with Crippen LogP contribution in [0, 0.1) is 0 Å². The molecular formula is C28H30ClN5O2. The van der Waals surface area contributed by atoms with E-state index in [1.165, 1.54) is 11.6 Å². The Bertz CT molecular complexity index is 1230. The lowest BCUT2D eigenvalue weighted by Crippen LogP contribution is -2.41. The molecule has 186 valence electrons. The number of carbonyl (C=O) groups is 1. The predicted molar refractivity (Wildman–Crippen MR) is 144 cm³/mol. The summed E-state index contributed by atoms with van der Waals surface area (Å²) in [6, 6.07) is 16.3. The van der Waals surface area contributed by atoms with Gasteiger partial charge in [0.15, 0.2) is 0 Å². The number of aryl methyl sites for hydroxylation is 2. The molecule has 2 heterocycles. The van der Waals surface area contributed by atoms with Crippen molar-refractivity contribution in [3.63, 3.8) is 0 Å². The number of amides is 1. The Balaban J connectivity index is 1.49. The summed E-state index contributed by atoms with van der Waals surface area (Å²) >= 11 is 6.66. The third kappa shape index (κ3) is 6.04. The van der Waals surface area contributed by atoms with E-state index in [2.05, 4.69) is 55.6 Å². The van der Waals surface area contributed by atoms with Gasteiger partial charge in [0.05, 0.1) is 29.3 Å². The number of alkyl carbamates (subject to hydrolysis) is 1. The molecule has 0 fully saturated rings. The molecule has 8 heteroatoms. The van der Waals surface area contributed by atoms with Gasteiger partial charge in [0, 0.05) is 30.8 Å². The minimum Gasteiger partial charge on any atom is -0.445 e. The van der Waals surface area contributed by atoms with Crippen molar-refractivity contribution >= 4 is 29.7 Å². The number of nitrogens with one attached hydrogen (secondary N) is 1. The first-order valence-electron chi connectivity index (χ1n) is 11.8. The first-order chi connectivity index (χ1) is 17.4. The molecule has 1 aromatic heterocycles. The van der Waals surface area contributed by atoms with Gasteiger partial charge in [-0.05, 0) is 49.1 Å². The Kier molecular flexibility index (Phi) is 7.90. The maximum absolute atomic E-state index is 12.0. The predicted octanol–water partition coefficient (Wildman–Crippen LogP) is 5.94. The monoisotopic (exact) mass is 503 g/mol. The van der Waals surface area contributed by atoms with Crippen molar-refractivity contribution in [1.29, 1.82) is 0 Å². The maximum atomic E-state index is 12.0. The summed E-state index contributed by atoms with van der Waals surface area (Å²) in [5.74, 6) is 0. The molecule has 0 saturated heterocycles. The number of carbonyl (C=O) groups excluding carboxylic acids is 1.